The number of anilines is 3. The van der Waals surface area contributed by atoms with Crippen molar-refractivity contribution in [1.82, 2.24) is 15.0 Å². The van der Waals surface area contributed by atoms with Gasteiger partial charge in [-0.1, -0.05) is 0 Å². The zero-order valence-electron chi connectivity index (χ0n) is 10.4. The maximum absolute atomic E-state index is 13.3. The van der Waals surface area contributed by atoms with Gasteiger partial charge in [-0.15, -0.1) is 0 Å². The van der Waals surface area contributed by atoms with Gasteiger partial charge in [-0.3, -0.25) is 0 Å². The van der Waals surface area contributed by atoms with Gasteiger partial charge < -0.3 is 11.1 Å². The first-order valence-electron chi connectivity index (χ1n) is 5.82. The number of pyridine rings is 1. The van der Waals surface area contributed by atoms with Crippen molar-refractivity contribution in [2.75, 3.05) is 11.1 Å². The molecular weight excluding hydrogens is 405 g/mol. The van der Waals surface area contributed by atoms with Crippen LogP contribution in [0, 0.1) is 5.95 Å². The highest BCUT2D eigenvalue weighted by atomic mass is 79.9. The molecule has 0 fully saturated rings. The molecule has 0 amide bonds. The number of nitrogens with zero attached hydrogens (tertiary/aromatic N) is 3. The van der Waals surface area contributed by atoms with Crippen molar-refractivity contribution < 1.29 is 4.39 Å². The Morgan fingerprint density at radius 3 is 2.48 bits per heavy atom. The van der Waals surface area contributed by atoms with Crippen LogP contribution in [0.15, 0.2) is 39.7 Å². The number of hydrogen-bond acceptors (Lipinski definition) is 5. The van der Waals surface area contributed by atoms with Gasteiger partial charge in [0.2, 0.25) is 5.95 Å². The van der Waals surface area contributed by atoms with E-state index < -0.39 is 5.95 Å². The van der Waals surface area contributed by atoms with E-state index >= 15 is 0 Å². The quantitative estimate of drug-likeness (QED) is 0.491. The monoisotopic (exact) mass is 411 g/mol. The summed E-state index contributed by atoms with van der Waals surface area (Å²) in [6.07, 6.45) is 2.76. The van der Waals surface area contributed by atoms with Gasteiger partial charge in [0.1, 0.15) is 12.1 Å². The third kappa shape index (κ3) is 2.81. The summed E-state index contributed by atoms with van der Waals surface area (Å²) in [6.45, 7) is 0. The van der Waals surface area contributed by atoms with Gasteiger partial charge in [0.15, 0.2) is 0 Å². The predicted octanol–water partition coefficient (Wildman–Crippen LogP) is 4.01. The van der Waals surface area contributed by atoms with Gasteiger partial charge >= 0.3 is 0 Å². The van der Waals surface area contributed by atoms with E-state index in [1.54, 1.807) is 0 Å². The lowest BCUT2D eigenvalue weighted by Gasteiger charge is -2.10. The van der Waals surface area contributed by atoms with E-state index in [0.29, 0.717) is 22.4 Å². The van der Waals surface area contributed by atoms with Crippen LogP contribution < -0.4 is 11.1 Å². The third-order valence-electron chi connectivity index (χ3n) is 2.83. The molecule has 0 saturated heterocycles. The van der Waals surface area contributed by atoms with Crippen LogP contribution >= 0.6 is 31.9 Å². The largest absolute Gasteiger partial charge is 0.397 e. The fourth-order valence-electron chi connectivity index (χ4n) is 1.83. The van der Waals surface area contributed by atoms with E-state index in [9.17, 15) is 4.39 Å². The van der Waals surface area contributed by atoms with E-state index in [4.69, 9.17) is 5.73 Å². The molecule has 2 heterocycles. The number of nitrogens with one attached hydrogen (secondary N) is 1. The fraction of sp³-hybridized carbons (Fsp3) is 0. The summed E-state index contributed by atoms with van der Waals surface area (Å²) in [5.41, 5.74) is 7.76. The molecule has 1 aromatic carbocycles. The minimum Gasteiger partial charge on any atom is -0.397 e. The predicted molar refractivity (Wildman–Crippen MR) is 86.8 cm³/mol. The highest BCUT2D eigenvalue weighted by Crippen LogP contribution is 2.33. The second kappa shape index (κ2) is 5.53. The van der Waals surface area contributed by atoms with E-state index in [1.807, 2.05) is 12.1 Å². The van der Waals surface area contributed by atoms with Gasteiger partial charge in [0, 0.05) is 26.1 Å². The number of halogens is 3. The minimum atomic E-state index is -0.583. The molecule has 0 bridgehead atoms. The van der Waals surface area contributed by atoms with Gasteiger partial charge in [0.05, 0.1) is 17.4 Å². The van der Waals surface area contributed by atoms with E-state index in [2.05, 4.69) is 52.1 Å². The van der Waals surface area contributed by atoms with Crippen LogP contribution in [0.25, 0.3) is 10.9 Å². The maximum Gasteiger partial charge on any atom is 0.213 e. The molecule has 8 heteroatoms. The van der Waals surface area contributed by atoms with Crippen LogP contribution in [-0.4, -0.2) is 15.0 Å². The fourth-order valence-corrected chi connectivity index (χ4v) is 3.01. The lowest BCUT2D eigenvalue weighted by molar-refractivity contribution is 0.586. The molecule has 0 unspecified atom stereocenters. The zero-order valence-corrected chi connectivity index (χ0v) is 13.6. The Morgan fingerprint density at radius 2 is 1.76 bits per heavy atom. The average molecular weight is 413 g/mol. The van der Waals surface area contributed by atoms with Crippen LogP contribution in [-0.2, 0) is 0 Å². The summed E-state index contributed by atoms with van der Waals surface area (Å²) < 4.78 is 14.8. The number of nitrogen functional groups attached to an aromatic ring is 1. The summed E-state index contributed by atoms with van der Waals surface area (Å²) >= 11 is 6.75. The standard InChI is InChI=1S/C13H8Br2FN5/c14-8-1-6(2-9(15)12(8)17)21-13-7-3-11(16)18-4-10(7)19-5-20-13/h1-5H,17H2,(H,19,20,21). The summed E-state index contributed by atoms with van der Waals surface area (Å²) in [7, 11) is 0. The molecular formula is C13H8Br2FN5. The van der Waals surface area contributed by atoms with E-state index in [1.165, 1.54) is 18.6 Å². The molecule has 3 N–H and O–H groups in total. The first-order valence-corrected chi connectivity index (χ1v) is 7.41. The lowest BCUT2D eigenvalue weighted by atomic mass is 10.2. The van der Waals surface area contributed by atoms with Crippen molar-refractivity contribution in [1.29, 1.82) is 0 Å². The maximum atomic E-state index is 13.3. The Balaban J connectivity index is 2.08. The normalized spacial score (nSPS) is 10.8. The molecule has 21 heavy (non-hydrogen) atoms. The number of benzene rings is 1. The third-order valence-corrected chi connectivity index (χ3v) is 4.14. The molecule has 3 aromatic rings. The SMILES string of the molecule is Nc1c(Br)cc(Nc2ncnc3cnc(F)cc23)cc1Br. The van der Waals surface area contributed by atoms with Crippen molar-refractivity contribution in [3.63, 3.8) is 0 Å². The molecule has 0 aliphatic rings. The summed E-state index contributed by atoms with van der Waals surface area (Å²) in [5, 5.41) is 3.67. The summed E-state index contributed by atoms with van der Waals surface area (Å²) in [4.78, 5) is 11.8. The second-order valence-corrected chi connectivity index (χ2v) is 5.93. The smallest absolute Gasteiger partial charge is 0.213 e. The van der Waals surface area contributed by atoms with Gasteiger partial charge in [-0.05, 0) is 44.0 Å². The number of aromatic nitrogens is 3. The van der Waals surface area contributed by atoms with Crippen molar-refractivity contribution >= 4 is 60.0 Å². The first-order chi connectivity index (χ1) is 10.0. The van der Waals surface area contributed by atoms with Crippen molar-refractivity contribution in [2.24, 2.45) is 0 Å². The Bertz CT molecular complexity index is 817. The summed E-state index contributed by atoms with van der Waals surface area (Å²) in [5.74, 6) is -0.0927. The van der Waals surface area contributed by atoms with Crippen LogP contribution in [0.1, 0.15) is 0 Å². The van der Waals surface area contributed by atoms with E-state index in [-0.39, 0.29) is 0 Å². The Hall–Kier alpha value is -1.80. The molecule has 0 aliphatic carbocycles. The number of hydrogen-bond donors (Lipinski definition) is 2. The van der Waals surface area contributed by atoms with Gasteiger partial charge in [0.25, 0.3) is 0 Å². The van der Waals surface area contributed by atoms with Gasteiger partial charge in [-0.2, -0.15) is 4.39 Å². The molecule has 0 saturated carbocycles. The molecule has 106 valence electrons. The van der Waals surface area contributed by atoms with Crippen LogP contribution in [0.3, 0.4) is 0 Å². The van der Waals surface area contributed by atoms with Gasteiger partial charge in [-0.25, -0.2) is 15.0 Å². The number of fused-ring (bicyclic) bond motifs is 1. The second-order valence-electron chi connectivity index (χ2n) is 4.23. The first kappa shape index (κ1) is 14.2. The molecule has 0 radical (unpaired) electrons. The Morgan fingerprint density at radius 1 is 1.05 bits per heavy atom. The molecule has 0 aliphatic heterocycles. The average Bonchev–Trinajstić information content (AvgIpc) is 2.45. The highest BCUT2D eigenvalue weighted by Gasteiger charge is 2.09. The Kier molecular flexibility index (Phi) is 3.73. The minimum absolute atomic E-state index is 0.491. The van der Waals surface area contributed by atoms with Crippen LogP contribution in [0.2, 0.25) is 0 Å². The summed E-state index contributed by atoms with van der Waals surface area (Å²) in [6, 6.07) is 4.91. The molecule has 0 spiro atoms. The number of nitrogens with two attached hydrogens (primary N) is 1. The molecule has 0 atom stereocenters. The Labute approximate surface area is 136 Å². The topological polar surface area (TPSA) is 76.7 Å². The molecule has 3 rings (SSSR count). The lowest BCUT2D eigenvalue weighted by Crippen LogP contribution is -1.98. The van der Waals surface area contributed by atoms with Crippen LogP contribution in [0.5, 0.6) is 0 Å². The molecule has 2 aromatic heterocycles. The highest BCUT2D eigenvalue weighted by molar-refractivity contribution is 9.11. The van der Waals surface area contributed by atoms with E-state index in [0.717, 1.165) is 14.6 Å². The van der Waals surface area contributed by atoms with Crippen molar-refractivity contribution in [3.8, 4) is 0 Å². The number of rotatable bonds is 2. The van der Waals surface area contributed by atoms with Crippen molar-refractivity contribution in [3.05, 3.63) is 45.6 Å². The zero-order chi connectivity index (χ0) is 15.0. The van der Waals surface area contributed by atoms with Crippen LogP contribution in [0.4, 0.5) is 21.6 Å². The molecule has 5 nitrogen and oxygen atoms in total. The van der Waals surface area contributed by atoms with Crippen molar-refractivity contribution in [2.45, 2.75) is 0 Å².